The van der Waals surface area contributed by atoms with Crippen molar-refractivity contribution in [2.45, 2.75) is 20.3 Å². The highest BCUT2D eigenvalue weighted by atomic mass is 16.6. The number of benzene rings is 2. The Bertz CT molecular complexity index is 1170. The largest absolute Gasteiger partial charge is 0.490 e. The van der Waals surface area contributed by atoms with Gasteiger partial charge in [0.05, 0.1) is 30.8 Å². The van der Waals surface area contributed by atoms with Crippen molar-refractivity contribution in [3.63, 3.8) is 0 Å². The molecule has 3 rings (SSSR count). The van der Waals surface area contributed by atoms with E-state index >= 15 is 0 Å². The summed E-state index contributed by atoms with van der Waals surface area (Å²) in [5.41, 5.74) is 0.902. The van der Waals surface area contributed by atoms with Crippen LogP contribution in [0, 0.1) is 11.3 Å². The fourth-order valence-electron chi connectivity index (χ4n) is 3.30. The van der Waals surface area contributed by atoms with Gasteiger partial charge in [-0.15, -0.1) is 0 Å². The van der Waals surface area contributed by atoms with E-state index in [0.29, 0.717) is 16.7 Å². The Labute approximate surface area is 196 Å². The smallest absolute Gasteiger partial charge is 0.348 e. The van der Waals surface area contributed by atoms with Gasteiger partial charge in [-0.25, -0.2) is 4.79 Å². The molecule has 9 heteroatoms. The number of rotatable bonds is 9. The number of carbonyl (C=O) groups is 4. The summed E-state index contributed by atoms with van der Waals surface area (Å²) in [7, 11) is 0. The second kappa shape index (κ2) is 10.9. The molecular formula is C25H22N2O7. The van der Waals surface area contributed by atoms with Crippen LogP contribution in [0.5, 0.6) is 11.5 Å². The normalized spacial score (nSPS) is 12.7. The number of carbonyl (C=O) groups excluding carboxylic acids is 4. The first-order chi connectivity index (χ1) is 16.4. The van der Waals surface area contributed by atoms with Crippen LogP contribution < -0.4 is 9.47 Å². The van der Waals surface area contributed by atoms with Crippen LogP contribution in [-0.4, -0.2) is 48.4 Å². The Kier molecular flexibility index (Phi) is 7.77. The number of fused-ring (bicyclic) bond motifs is 1. The molecule has 0 bridgehead atoms. The summed E-state index contributed by atoms with van der Waals surface area (Å²) < 4.78 is 15.8. The SMILES string of the molecule is CCOC(=O)/C(C#N)=C\c1ccc(OC(=O)CCN2C(=O)c3ccccc3C2=O)c(OCC)c1. The molecule has 0 unspecified atom stereocenters. The number of nitriles is 1. The Morgan fingerprint density at radius 1 is 1.00 bits per heavy atom. The van der Waals surface area contributed by atoms with Crippen LogP contribution in [0.4, 0.5) is 0 Å². The van der Waals surface area contributed by atoms with Gasteiger partial charge in [0.15, 0.2) is 11.5 Å². The second-order valence-electron chi connectivity index (χ2n) is 7.06. The molecule has 0 saturated heterocycles. The summed E-state index contributed by atoms with van der Waals surface area (Å²) >= 11 is 0. The van der Waals surface area contributed by atoms with Crippen LogP contribution in [-0.2, 0) is 14.3 Å². The lowest BCUT2D eigenvalue weighted by Crippen LogP contribution is -2.32. The molecule has 0 N–H and O–H groups in total. The Hall–Kier alpha value is -4.45. The van der Waals surface area contributed by atoms with Gasteiger partial charge in [0, 0.05) is 6.54 Å². The molecule has 1 aliphatic heterocycles. The molecule has 9 nitrogen and oxygen atoms in total. The predicted molar refractivity (Wildman–Crippen MR) is 120 cm³/mol. The number of hydrogen-bond donors (Lipinski definition) is 0. The van der Waals surface area contributed by atoms with Gasteiger partial charge in [0.2, 0.25) is 0 Å². The van der Waals surface area contributed by atoms with Crippen LogP contribution in [0.25, 0.3) is 6.08 Å². The number of nitrogens with zero attached hydrogens (tertiary/aromatic N) is 2. The zero-order valence-electron chi connectivity index (χ0n) is 18.7. The van der Waals surface area contributed by atoms with E-state index in [0.717, 1.165) is 4.90 Å². The molecule has 0 aliphatic carbocycles. The third kappa shape index (κ3) is 5.30. The lowest BCUT2D eigenvalue weighted by molar-refractivity contribution is -0.138. The quantitative estimate of drug-likeness (QED) is 0.183. The predicted octanol–water partition coefficient (Wildman–Crippen LogP) is 3.15. The van der Waals surface area contributed by atoms with Gasteiger partial charge in [0.1, 0.15) is 11.6 Å². The van der Waals surface area contributed by atoms with Crippen LogP contribution >= 0.6 is 0 Å². The molecule has 2 aromatic carbocycles. The molecule has 0 atom stereocenters. The monoisotopic (exact) mass is 462 g/mol. The lowest BCUT2D eigenvalue weighted by Gasteiger charge is -2.14. The summed E-state index contributed by atoms with van der Waals surface area (Å²) in [5, 5.41) is 9.20. The highest BCUT2D eigenvalue weighted by molar-refractivity contribution is 6.21. The second-order valence-corrected chi connectivity index (χ2v) is 7.06. The first kappa shape index (κ1) is 24.2. The third-order valence-electron chi connectivity index (χ3n) is 4.84. The van der Waals surface area contributed by atoms with Crippen LogP contribution in [0.1, 0.15) is 46.5 Å². The number of imide groups is 1. The van der Waals surface area contributed by atoms with Crippen molar-refractivity contribution >= 4 is 29.8 Å². The van der Waals surface area contributed by atoms with Gasteiger partial charge < -0.3 is 14.2 Å². The first-order valence-electron chi connectivity index (χ1n) is 10.6. The molecular weight excluding hydrogens is 440 g/mol. The zero-order valence-corrected chi connectivity index (χ0v) is 18.7. The molecule has 0 aromatic heterocycles. The number of esters is 2. The Balaban J connectivity index is 1.69. The maximum Gasteiger partial charge on any atom is 0.348 e. The van der Waals surface area contributed by atoms with Crippen molar-refractivity contribution in [2.24, 2.45) is 0 Å². The highest BCUT2D eigenvalue weighted by Gasteiger charge is 2.35. The van der Waals surface area contributed by atoms with E-state index in [2.05, 4.69) is 0 Å². The third-order valence-corrected chi connectivity index (χ3v) is 4.84. The van der Waals surface area contributed by atoms with E-state index in [-0.39, 0.29) is 43.3 Å². The Morgan fingerprint density at radius 3 is 2.26 bits per heavy atom. The van der Waals surface area contributed by atoms with E-state index < -0.39 is 23.8 Å². The molecule has 34 heavy (non-hydrogen) atoms. The van der Waals surface area contributed by atoms with Gasteiger partial charge in [0.25, 0.3) is 11.8 Å². The van der Waals surface area contributed by atoms with Gasteiger partial charge in [-0.2, -0.15) is 5.26 Å². The summed E-state index contributed by atoms with van der Waals surface area (Å²) in [6.45, 7) is 3.67. The van der Waals surface area contributed by atoms with Crippen LogP contribution in [0.15, 0.2) is 48.0 Å². The fraction of sp³-hybridized carbons (Fsp3) is 0.240. The maximum absolute atomic E-state index is 12.4. The number of hydrogen-bond acceptors (Lipinski definition) is 8. The van der Waals surface area contributed by atoms with Gasteiger partial charge in [-0.3, -0.25) is 19.3 Å². The van der Waals surface area contributed by atoms with Crippen molar-refractivity contribution in [3.05, 3.63) is 64.7 Å². The maximum atomic E-state index is 12.4. The molecule has 174 valence electrons. The minimum Gasteiger partial charge on any atom is -0.490 e. The van der Waals surface area contributed by atoms with Crippen molar-refractivity contribution in [1.82, 2.24) is 4.90 Å². The van der Waals surface area contributed by atoms with Gasteiger partial charge in [-0.1, -0.05) is 18.2 Å². The molecule has 0 radical (unpaired) electrons. The topological polar surface area (TPSA) is 123 Å². The van der Waals surface area contributed by atoms with Crippen molar-refractivity contribution in [3.8, 4) is 17.6 Å². The first-order valence-corrected chi connectivity index (χ1v) is 10.6. The van der Waals surface area contributed by atoms with E-state index in [1.54, 1.807) is 50.2 Å². The molecule has 1 heterocycles. The molecule has 1 aliphatic rings. The van der Waals surface area contributed by atoms with Crippen LogP contribution in [0.3, 0.4) is 0 Å². The summed E-state index contributed by atoms with van der Waals surface area (Å²) in [6.07, 6.45) is 1.13. The minimum atomic E-state index is -0.744. The Morgan fingerprint density at radius 2 is 1.68 bits per heavy atom. The van der Waals surface area contributed by atoms with E-state index in [9.17, 15) is 24.4 Å². The average Bonchev–Trinajstić information content (AvgIpc) is 3.07. The zero-order chi connectivity index (χ0) is 24.7. The van der Waals surface area contributed by atoms with Gasteiger partial charge in [-0.05, 0) is 49.8 Å². The highest BCUT2D eigenvalue weighted by Crippen LogP contribution is 2.30. The summed E-state index contributed by atoms with van der Waals surface area (Å²) in [5.74, 6) is -1.95. The van der Waals surface area contributed by atoms with E-state index in [4.69, 9.17) is 14.2 Å². The van der Waals surface area contributed by atoms with E-state index in [1.165, 1.54) is 18.2 Å². The number of amides is 2. The van der Waals surface area contributed by atoms with Gasteiger partial charge >= 0.3 is 11.9 Å². The molecule has 0 fully saturated rings. The molecule has 2 aromatic rings. The summed E-state index contributed by atoms with van der Waals surface area (Å²) in [6, 6.07) is 12.8. The fourth-order valence-corrected chi connectivity index (χ4v) is 3.30. The molecule has 0 spiro atoms. The van der Waals surface area contributed by atoms with Crippen LogP contribution in [0.2, 0.25) is 0 Å². The van der Waals surface area contributed by atoms with Crippen molar-refractivity contribution in [2.75, 3.05) is 19.8 Å². The summed E-state index contributed by atoms with van der Waals surface area (Å²) in [4.78, 5) is 50.1. The average molecular weight is 462 g/mol. The lowest BCUT2D eigenvalue weighted by atomic mass is 10.1. The minimum absolute atomic E-state index is 0.124. The standard InChI is InChI=1S/C25H22N2O7/c1-3-32-21-14-16(13-17(15-26)25(31)33-4-2)9-10-20(21)34-22(28)11-12-27-23(29)18-7-5-6-8-19(18)24(27)30/h5-10,13-14H,3-4,11-12H2,1-2H3/b17-13-. The van der Waals surface area contributed by atoms with E-state index in [1.807, 2.05) is 0 Å². The molecule has 0 saturated carbocycles. The van der Waals surface area contributed by atoms with Crippen molar-refractivity contribution in [1.29, 1.82) is 5.26 Å². The molecule has 2 amide bonds. The van der Waals surface area contributed by atoms with Crippen molar-refractivity contribution < 1.29 is 33.4 Å². The number of ether oxygens (including phenoxy) is 3.